The van der Waals surface area contributed by atoms with Crippen LogP contribution in [0.15, 0.2) is 0 Å². The minimum absolute atomic E-state index is 0.328. The largest absolute Gasteiger partial charge is 0.469 e. The number of methoxy groups -OCH3 is 1. The number of carbonyl (C=O) groups excluding carboxylic acids is 3. The number of esters is 1. The predicted octanol–water partition coefficient (Wildman–Crippen LogP) is 0.0463. The fraction of sp³-hybridized carbons (Fsp3) is 0.750. The molecule has 1 fully saturated rings. The van der Waals surface area contributed by atoms with Crippen LogP contribution in [0.3, 0.4) is 0 Å². The maximum atomic E-state index is 11.9. The van der Waals surface area contributed by atoms with Crippen LogP contribution in [-0.4, -0.2) is 43.8 Å². The van der Waals surface area contributed by atoms with Gasteiger partial charge in [0.05, 0.1) is 18.9 Å². The second-order valence-corrected chi connectivity index (χ2v) is 5.39. The molecule has 0 radical (unpaired) electrons. The van der Waals surface area contributed by atoms with Gasteiger partial charge in [0.1, 0.15) is 5.60 Å². The van der Waals surface area contributed by atoms with Crippen molar-refractivity contribution in [3.05, 3.63) is 0 Å². The van der Waals surface area contributed by atoms with Crippen molar-refractivity contribution in [1.82, 2.24) is 10.6 Å². The number of hydrogen-bond donors (Lipinski definition) is 2. The molecular formula is C12H20N2O5. The Morgan fingerprint density at radius 2 is 1.74 bits per heavy atom. The van der Waals surface area contributed by atoms with E-state index in [-0.39, 0.29) is 0 Å². The van der Waals surface area contributed by atoms with Crippen molar-refractivity contribution in [2.24, 2.45) is 11.8 Å². The van der Waals surface area contributed by atoms with Gasteiger partial charge < -0.3 is 14.8 Å². The highest BCUT2D eigenvalue weighted by Gasteiger charge is 2.39. The van der Waals surface area contributed by atoms with E-state index in [1.165, 1.54) is 7.11 Å². The molecule has 1 aliphatic rings. The number of ether oxygens (including phenoxy) is 2. The average Bonchev–Trinajstić information content (AvgIpc) is 2.73. The molecule has 7 nitrogen and oxygen atoms in total. The van der Waals surface area contributed by atoms with Crippen LogP contribution in [-0.2, 0) is 19.1 Å². The summed E-state index contributed by atoms with van der Waals surface area (Å²) in [6.45, 7) is 5.79. The topological polar surface area (TPSA) is 93.7 Å². The minimum atomic E-state index is -0.812. The highest BCUT2D eigenvalue weighted by molar-refractivity contribution is 5.95. The smallest absolute Gasteiger partial charge is 0.414 e. The van der Waals surface area contributed by atoms with E-state index >= 15 is 0 Å². The molecule has 1 saturated heterocycles. The van der Waals surface area contributed by atoms with Gasteiger partial charge in [-0.05, 0) is 20.8 Å². The fourth-order valence-corrected chi connectivity index (χ4v) is 1.85. The number of amides is 2. The molecule has 0 aromatic carbocycles. The van der Waals surface area contributed by atoms with Gasteiger partial charge in [0.25, 0.3) is 0 Å². The number of rotatable bonds is 2. The van der Waals surface area contributed by atoms with Crippen LogP contribution in [0.4, 0.5) is 4.79 Å². The standard InChI is InChI=1S/C12H20N2O5/c1-12(2,3)19-11(17)14-9(15)7-5-13-6-8(7)10(16)18-4/h7-8,13H,5-6H2,1-4H3,(H,14,15,17)/t7-,8-/m1/s1. The summed E-state index contributed by atoms with van der Waals surface area (Å²) >= 11 is 0. The molecule has 1 aliphatic heterocycles. The first-order valence-electron chi connectivity index (χ1n) is 6.07. The van der Waals surface area contributed by atoms with E-state index in [2.05, 4.69) is 15.4 Å². The van der Waals surface area contributed by atoms with Gasteiger partial charge in [0.2, 0.25) is 5.91 Å². The van der Waals surface area contributed by atoms with Crippen LogP contribution in [0.25, 0.3) is 0 Å². The van der Waals surface area contributed by atoms with Crippen molar-refractivity contribution < 1.29 is 23.9 Å². The van der Waals surface area contributed by atoms with Crippen molar-refractivity contribution in [1.29, 1.82) is 0 Å². The zero-order chi connectivity index (χ0) is 14.6. The molecule has 2 N–H and O–H groups in total. The Hall–Kier alpha value is -1.63. The normalized spacial score (nSPS) is 22.7. The second kappa shape index (κ2) is 6.01. The predicted molar refractivity (Wildman–Crippen MR) is 66.2 cm³/mol. The van der Waals surface area contributed by atoms with Gasteiger partial charge in [-0.3, -0.25) is 14.9 Å². The van der Waals surface area contributed by atoms with Crippen LogP contribution in [0, 0.1) is 11.8 Å². The molecule has 2 atom stereocenters. The molecule has 7 heteroatoms. The number of nitrogens with one attached hydrogen (secondary N) is 2. The third-order valence-corrected chi connectivity index (χ3v) is 2.68. The quantitative estimate of drug-likeness (QED) is 0.690. The number of alkyl carbamates (subject to hydrolysis) is 1. The third-order valence-electron chi connectivity index (χ3n) is 2.68. The lowest BCUT2D eigenvalue weighted by molar-refractivity contribution is -0.148. The minimum Gasteiger partial charge on any atom is -0.469 e. The van der Waals surface area contributed by atoms with E-state index in [1.54, 1.807) is 20.8 Å². The Kier molecular flexibility index (Phi) is 4.88. The van der Waals surface area contributed by atoms with Crippen LogP contribution < -0.4 is 10.6 Å². The summed E-state index contributed by atoms with van der Waals surface area (Å²) in [6, 6.07) is 0. The number of imide groups is 1. The number of hydrogen-bond acceptors (Lipinski definition) is 6. The van der Waals surface area contributed by atoms with Crippen LogP contribution in [0.1, 0.15) is 20.8 Å². The van der Waals surface area contributed by atoms with Crippen molar-refractivity contribution in [2.75, 3.05) is 20.2 Å². The highest BCUT2D eigenvalue weighted by Crippen LogP contribution is 2.18. The molecule has 0 spiro atoms. The molecule has 1 heterocycles. The Morgan fingerprint density at radius 3 is 2.26 bits per heavy atom. The van der Waals surface area contributed by atoms with Gasteiger partial charge in [0, 0.05) is 13.1 Å². The van der Waals surface area contributed by atoms with Crippen molar-refractivity contribution in [3.63, 3.8) is 0 Å². The zero-order valence-electron chi connectivity index (χ0n) is 11.6. The van der Waals surface area contributed by atoms with Crippen molar-refractivity contribution in [3.8, 4) is 0 Å². The fourth-order valence-electron chi connectivity index (χ4n) is 1.85. The Labute approximate surface area is 112 Å². The summed E-state index contributed by atoms with van der Waals surface area (Å²) in [7, 11) is 1.27. The summed E-state index contributed by atoms with van der Waals surface area (Å²) in [5, 5.41) is 5.07. The summed E-state index contributed by atoms with van der Waals surface area (Å²) in [5.74, 6) is -2.20. The van der Waals surface area contributed by atoms with Gasteiger partial charge in [-0.2, -0.15) is 0 Å². The molecule has 19 heavy (non-hydrogen) atoms. The lowest BCUT2D eigenvalue weighted by Gasteiger charge is -2.21. The molecule has 0 aromatic heterocycles. The van der Waals surface area contributed by atoms with Crippen molar-refractivity contribution >= 4 is 18.0 Å². The molecule has 1 rings (SSSR count). The summed E-state index contributed by atoms with van der Waals surface area (Å²) in [5.41, 5.74) is -0.681. The van der Waals surface area contributed by atoms with E-state index in [9.17, 15) is 14.4 Å². The molecule has 0 aromatic rings. The van der Waals surface area contributed by atoms with Gasteiger partial charge in [-0.15, -0.1) is 0 Å². The molecule has 0 aliphatic carbocycles. The Morgan fingerprint density at radius 1 is 1.16 bits per heavy atom. The van der Waals surface area contributed by atoms with E-state index in [4.69, 9.17) is 4.74 Å². The van der Waals surface area contributed by atoms with Gasteiger partial charge >= 0.3 is 12.1 Å². The van der Waals surface area contributed by atoms with E-state index in [0.717, 1.165) is 0 Å². The Balaban J connectivity index is 2.58. The monoisotopic (exact) mass is 272 g/mol. The average molecular weight is 272 g/mol. The van der Waals surface area contributed by atoms with E-state index in [0.29, 0.717) is 13.1 Å². The van der Waals surface area contributed by atoms with Crippen LogP contribution in [0.5, 0.6) is 0 Å². The van der Waals surface area contributed by atoms with Gasteiger partial charge in [0.15, 0.2) is 0 Å². The van der Waals surface area contributed by atoms with Gasteiger partial charge in [-0.25, -0.2) is 4.79 Å². The number of carbonyl (C=O) groups is 3. The summed E-state index contributed by atoms with van der Waals surface area (Å²) < 4.78 is 9.61. The van der Waals surface area contributed by atoms with E-state index < -0.39 is 35.4 Å². The first-order chi connectivity index (χ1) is 8.74. The van der Waals surface area contributed by atoms with E-state index in [1.807, 2.05) is 0 Å². The third kappa shape index (κ3) is 4.51. The lowest BCUT2D eigenvalue weighted by Crippen LogP contribution is -2.43. The molecule has 0 saturated carbocycles. The molecule has 108 valence electrons. The molecular weight excluding hydrogens is 252 g/mol. The molecule has 0 unspecified atom stereocenters. The van der Waals surface area contributed by atoms with Crippen LogP contribution >= 0.6 is 0 Å². The zero-order valence-corrected chi connectivity index (χ0v) is 11.6. The maximum Gasteiger partial charge on any atom is 0.414 e. The second-order valence-electron chi connectivity index (χ2n) is 5.39. The maximum absolute atomic E-state index is 11.9. The SMILES string of the molecule is COC(=O)[C@@H]1CNC[C@H]1C(=O)NC(=O)OC(C)(C)C. The van der Waals surface area contributed by atoms with Crippen LogP contribution in [0.2, 0.25) is 0 Å². The first-order valence-corrected chi connectivity index (χ1v) is 6.07. The van der Waals surface area contributed by atoms with Gasteiger partial charge in [-0.1, -0.05) is 0 Å². The summed E-state index contributed by atoms with van der Waals surface area (Å²) in [6.07, 6.45) is -0.812. The first kappa shape index (κ1) is 15.4. The summed E-state index contributed by atoms with van der Waals surface area (Å²) in [4.78, 5) is 34.9. The molecule has 0 bridgehead atoms. The molecule has 2 amide bonds. The Bertz CT molecular complexity index is 375. The lowest BCUT2D eigenvalue weighted by atomic mass is 9.95. The highest BCUT2D eigenvalue weighted by atomic mass is 16.6. The van der Waals surface area contributed by atoms with Crippen molar-refractivity contribution in [2.45, 2.75) is 26.4 Å².